The molecular formula is C16H20ClN5O2. The summed E-state index contributed by atoms with van der Waals surface area (Å²) in [6.07, 6.45) is 8.16. The Bertz CT molecular complexity index is 699. The lowest BCUT2D eigenvalue weighted by Crippen LogP contribution is -2.38. The number of hydrogen-bond donors (Lipinski definition) is 1. The predicted molar refractivity (Wildman–Crippen MR) is 88.7 cm³/mol. The van der Waals surface area contributed by atoms with Crippen LogP contribution in [0.25, 0.3) is 0 Å². The third-order valence-electron chi connectivity index (χ3n) is 4.27. The smallest absolute Gasteiger partial charge is 0.272 e. The van der Waals surface area contributed by atoms with Crippen molar-refractivity contribution >= 4 is 17.5 Å². The van der Waals surface area contributed by atoms with Crippen LogP contribution in [0.3, 0.4) is 0 Å². The number of aromatic nitrogens is 4. The number of aryl methyl sites for hydroxylation is 1. The van der Waals surface area contributed by atoms with Gasteiger partial charge in [-0.2, -0.15) is 0 Å². The van der Waals surface area contributed by atoms with Crippen LogP contribution in [0.5, 0.6) is 0 Å². The molecule has 1 aliphatic heterocycles. The zero-order valence-electron chi connectivity index (χ0n) is 13.5. The number of hydrogen-bond acceptors (Lipinski definition) is 5. The summed E-state index contributed by atoms with van der Waals surface area (Å²) in [5.74, 6) is 0.795. The first kappa shape index (κ1) is 16.9. The van der Waals surface area contributed by atoms with Crippen molar-refractivity contribution in [2.45, 2.75) is 32.4 Å². The van der Waals surface area contributed by atoms with E-state index in [1.54, 1.807) is 6.20 Å². The molecule has 1 fully saturated rings. The molecule has 2 aromatic rings. The van der Waals surface area contributed by atoms with Crippen molar-refractivity contribution < 1.29 is 9.53 Å². The fourth-order valence-electron chi connectivity index (χ4n) is 3.00. The SMILES string of the molecule is CCn1ccnc1C(NC(=O)c1ncncc1Cl)C1CCOCC1. The zero-order valence-corrected chi connectivity index (χ0v) is 14.2. The number of ether oxygens (including phenoxy) is 1. The van der Waals surface area contributed by atoms with Gasteiger partial charge in [-0.3, -0.25) is 4.79 Å². The molecule has 1 amide bonds. The molecule has 0 aromatic carbocycles. The van der Waals surface area contributed by atoms with Gasteiger partial charge in [-0.05, 0) is 25.7 Å². The van der Waals surface area contributed by atoms with Crippen LogP contribution >= 0.6 is 11.6 Å². The fraction of sp³-hybridized carbons (Fsp3) is 0.500. The van der Waals surface area contributed by atoms with Crippen LogP contribution in [0.1, 0.15) is 42.1 Å². The fourth-order valence-corrected chi connectivity index (χ4v) is 3.19. The van der Waals surface area contributed by atoms with Crippen molar-refractivity contribution in [1.29, 1.82) is 0 Å². The number of imidazole rings is 1. The van der Waals surface area contributed by atoms with E-state index in [1.807, 2.05) is 10.8 Å². The van der Waals surface area contributed by atoms with Crippen LogP contribution in [0, 0.1) is 5.92 Å². The summed E-state index contributed by atoms with van der Waals surface area (Å²) in [5, 5.41) is 3.30. The Kier molecular flexibility index (Phi) is 5.42. The Hall–Kier alpha value is -1.99. The minimum atomic E-state index is -0.315. The third-order valence-corrected chi connectivity index (χ3v) is 4.55. The summed E-state index contributed by atoms with van der Waals surface area (Å²) in [6, 6.07) is -0.206. The van der Waals surface area contributed by atoms with E-state index in [4.69, 9.17) is 16.3 Å². The summed E-state index contributed by atoms with van der Waals surface area (Å²) >= 11 is 6.05. The molecule has 8 heteroatoms. The minimum Gasteiger partial charge on any atom is -0.381 e. The zero-order chi connectivity index (χ0) is 16.9. The quantitative estimate of drug-likeness (QED) is 0.895. The lowest BCUT2D eigenvalue weighted by Gasteiger charge is -2.30. The molecular weight excluding hydrogens is 330 g/mol. The molecule has 3 rings (SSSR count). The van der Waals surface area contributed by atoms with Crippen LogP contribution in [0.2, 0.25) is 5.02 Å². The Balaban J connectivity index is 1.87. The lowest BCUT2D eigenvalue weighted by molar-refractivity contribution is 0.0497. The van der Waals surface area contributed by atoms with Crippen LogP contribution in [0.4, 0.5) is 0 Å². The molecule has 0 aliphatic carbocycles. The maximum atomic E-state index is 12.7. The van der Waals surface area contributed by atoms with Crippen LogP contribution in [-0.4, -0.2) is 38.6 Å². The maximum absolute atomic E-state index is 12.7. The molecule has 1 atom stereocenters. The van der Waals surface area contributed by atoms with E-state index in [9.17, 15) is 4.79 Å². The second-order valence-electron chi connectivity index (χ2n) is 5.69. The van der Waals surface area contributed by atoms with Crippen LogP contribution in [-0.2, 0) is 11.3 Å². The van der Waals surface area contributed by atoms with Gasteiger partial charge in [0.25, 0.3) is 5.91 Å². The summed E-state index contributed by atoms with van der Waals surface area (Å²) in [7, 11) is 0. The number of halogens is 1. The molecule has 0 bridgehead atoms. The number of amides is 1. The van der Waals surface area contributed by atoms with Crippen molar-refractivity contribution in [3.8, 4) is 0 Å². The molecule has 0 radical (unpaired) electrons. The van der Waals surface area contributed by atoms with E-state index in [-0.39, 0.29) is 28.6 Å². The van der Waals surface area contributed by atoms with E-state index < -0.39 is 0 Å². The van der Waals surface area contributed by atoms with Gasteiger partial charge in [0.2, 0.25) is 0 Å². The number of nitrogens with one attached hydrogen (secondary N) is 1. The van der Waals surface area contributed by atoms with Gasteiger partial charge in [0.15, 0.2) is 0 Å². The van der Waals surface area contributed by atoms with Gasteiger partial charge in [-0.1, -0.05) is 11.6 Å². The molecule has 0 spiro atoms. The maximum Gasteiger partial charge on any atom is 0.272 e. The molecule has 128 valence electrons. The van der Waals surface area contributed by atoms with Crippen molar-refractivity contribution in [3.05, 3.63) is 41.5 Å². The Morgan fingerprint density at radius 1 is 1.46 bits per heavy atom. The second kappa shape index (κ2) is 7.72. The standard InChI is InChI=1S/C16H20ClN5O2/c1-2-22-6-5-19-15(22)13(11-3-7-24-8-4-11)21-16(23)14-12(17)9-18-10-20-14/h5-6,9-11,13H,2-4,7-8H2,1H3,(H,21,23). The number of carbonyl (C=O) groups is 1. The average Bonchev–Trinajstić information content (AvgIpc) is 3.09. The van der Waals surface area contributed by atoms with Crippen molar-refractivity contribution in [1.82, 2.24) is 24.8 Å². The molecule has 1 unspecified atom stereocenters. The number of carbonyl (C=O) groups excluding carboxylic acids is 1. The largest absolute Gasteiger partial charge is 0.381 e. The first-order valence-electron chi connectivity index (χ1n) is 8.05. The van der Waals surface area contributed by atoms with E-state index in [0.717, 1.165) is 25.2 Å². The third kappa shape index (κ3) is 3.57. The minimum absolute atomic E-state index is 0.179. The summed E-state index contributed by atoms with van der Waals surface area (Å²) < 4.78 is 7.49. The molecule has 1 aliphatic rings. The first-order chi connectivity index (χ1) is 11.7. The van der Waals surface area contributed by atoms with E-state index in [0.29, 0.717) is 13.2 Å². The van der Waals surface area contributed by atoms with Gasteiger partial charge in [-0.25, -0.2) is 15.0 Å². The van der Waals surface area contributed by atoms with E-state index in [2.05, 4.69) is 27.2 Å². The van der Waals surface area contributed by atoms with Gasteiger partial charge in [0.05, 0.1) is 11.1 Å². The van der Waals surface area contributed by atoms with Crippen LogP contribution < -0.4 is 5.32 Å². The summed E-state index contributed by atoms with van der Waals surface area (Å²) in [4.78, 5) is 24.9. The van der Waals surface area contributed by atoms with Gasteiger partial charge in [0, 0.05) is 38.3 Å². The van der Waals surface area contributed by atoms with Crippen molar-refractivity contribution in [2.24, 2.45) is 5.92 Å². The van der Waals surface area contributed by atoms with Gasteiger partial charge in [-0.15, -0.1) is 0 Å². The Morgan fingerprint density at radius 2 is 2.25 bits per heavy atom. The second-order valence-corrected chi connectivity index (χ2v) is 6.10. The summed E-state index contributed by atoms with van der Waals surface area (Å²) in [5.41, 5.74) is 0.179. The van der Waals surface area contributed by atoms with Gasteiger partial charge >= 0.3 is 0 Å². The highest BCUT2D eigenvalue weighted by atomic mass is 35.5. The molecule has 0 saturated carbocycles. The number of rotatable bonds is 5. The molecule has 3 heterocycles. The average molecular weight is 350 g/mol. The molecule has 1 N–H and O–H groups in total. The lowest BCUT2D eigenvalue weighted by atomic mass is 9.91. The van der Waals surface area contributed by atoms with Crippen molar-refractivity contribution in [2.75, 3.05) is 13.2 Å². The predicted octanol–water partition coefficient (Wildman–Crippen LogP) is 2.24. The highest BCUT2D eigenvalue weighted by molar-refractivity contribution is 6.33. The van der Waals surface area contributed by atoms with Gasteiger partial charge in [0.1, 0.15) is 17.8 Å². The molecule has 7 nitrogen and oxygen atoms in total. The van der Waals surface area contributed by atoms with Gasteiger partial charge < -0.3 is 14.6 Å². The van der Waals surface area contributed by atoms with E-state index >= 15 is 0 Å². The molecule has 24 heavy (non-hydrogen) atoms. The van der Waals surface area contributed by atoms with Crippen molar-refractivity contribution in [3.63, 3.8) is 0 Å². The monoisotopic (exact) mass is 349 g/mol. The molecule has 1 saturated heterocycles. The summed E-state index contributed by atoms with van der Waals surface area (Å²) in [6.45, 7) is 4.23. The first-order valence-corrected chi connectivity index (χ1v) is 8.43. The normalized spacial score (nSPS) is 16.8. The van der Waals surface area contributed by atoms with E-state index in [1.165, 1.54) is 12.5 Å². The highest BCUT2D eigenvalue weighted by Crippen LogP contribution is 2.30. The molecule has 2 aromatic heterocycles. The number of nitrogens with zero attached hydrogens (tertiary/aromatic N) is 4. The topological polar surface area (TPSA) is 81.9 Å². The Labute approximate surface area is 145 Å². The Morgan fingerprint density at radius 3 is 2.96 bits per heavy atom. The van der Waals surface area contributed by atoms with Crippen LogP contribution in [0.15, 0.2) is 24.9 Å². The highest BCUT2D eigenvalue weighted by Gasteiger charge is 2.30.